The van der Waals surface area contributed by atoms with Gasteiger partial charge in [-0.2, -0.15) is 0 Å². The van der Waals surface area contributed by atoms with Crippen molar-refractivity contribution in [2.24, 2.45) is 0 Å². The highest BCUT2D eigenvalue weighted by Crippen LogP contribution is 2.45. The molecule has 1 N–H and O–H groups in total. The molecule has 3 rings (SSSR count). The lowest BCUT2D eigenvalue weighted by Crippen LogP contribution is -2.46. The second-order valence-corrected chi connectivity index (χ2v) is 5.21. The summed E-state index contributed by atoms with van der Waals surface area (Å²) < 4.78 is 11.3. The summed E-state index contributed by atoms with van der Waals surface area (Å²) in [6.07, 6.45) is 3.86. The van der Waals surface area contributed by atoms with Gasteiger partial charge in [-0.3, -0.25) is 9.78 Å². The minimum Gasteiger partial charge on any atom is -0.481 e. The first-order valence-corrected chi connectivity index (χ1v) is 6.60. The zero-order chi connectivity index (χ0) is 13.3. The van der Waals surface area contributed by atoms with E-state index in [0.717, 1.165) is 0 Å². The van der Waals surface area contributed by atoms with E-state index in [4.69, 9.17) is 9.47 Å². The van der Waals surface area contributed by atoms with Crippen molar-refractivity contribution in [2.75, 3.05) is 13.2 Å². The van der Waals surface area contributed by atoms with E-state index in [9.17, 15) is 9.90 Å². The Labute approximate surface area is 111 Å². The Kier molecular flexibility index (Phi) is 3.03. The standard InChI is InChI=1S/C14H17NO4/c16-12(17)13(11-3-1-2-8-15-11)4-6-14(7-5-13)18-9-10-19-14/h1-3,8H,4-7,9-10H2,(H,16,17). The molecule has 5 heteroatoms. The number of ether oxygens (including phenoxy) is 2. The zero-order valence-electron chi connectivity index (χ0n) is 10.7. The van der Waals surface area contributed by atoms with E-state index in [2.05, 4.69) is 4.98 Å². The van der Waals surface area contributed by atoms with Gasteiger partial charge in [-0.1, -0.05) is 6.07 Å². The van der Waals surface area contributed by atoms with Gasteiger partial charge in [-0.05, 0) is 25.0 Å². The van der Waals surface area contributed by atoms with Gasteiger partial charge >= 0.3 is 5.97 Å². The number of pyridine rings is 1. The third-order valence-corrected chi connectivity index (χ3v) is 4.24. The maximum Gasteiger partial charge on any atom is 0.315 e. The van der Waals surface area contributed by atoms with Gasteiger partial charge in [0.1, 0.15) is 5.41 Å². The highest BCUT2D eigenvalue weighted by Gasteiger charge is 2.51. The molecule has 0 amide bonds. The number of nitrogens with zero attached hydrogens (tertiary/aromatic N) is 1. The molecule has 1 spiro atoms. The zero-order valence-corrected chi connectivity index (χ0v) is 10.7. The number of aliphatic carboxylic acids is 1. The van der Waals surface area contributed by atoms with Crippen LogP contribution in [0.25, 0.3) is 0 Å². The third-order valence-electron chi connectivity index (χ3n) is 4.24. The van der Waals surface area contributed by atoms with Gasteiger partial charge in [0, 0.05) is 19.0 Å². The number of carboxylic acid groups (broad SMARTS) is 1. The fourth-order valence-electron chi connectivity index (χ4n) is 3.07. The molecule has 1 aliphatic carbocycles. The molecular weight excluding hydrogens is 246 g/mol. The minimum atomic E-state index is -0.901. The Hall–Kier alpha value is -1.46. The highest BCUT2D eigenvalue weighted by molar-refractivity contribution is 5.80. The number of rotatable bonds is 2. The van der Waals surface area contributed by atoms with Crippen molar-refractivity contribution in [1.29, 1.82) is 0 Å². The molecule has 0 radical (unpaired) electrons. The van der Waals surface area contributed by atoms with E-state index in [1.165, 1.54) is 0 Å². The molecule has 1 saturated heterocycles. The topological polar surface area (TPSA) is 68.7 Å². The number of hydrogen-bond acceptors (Lipinski definition) is 4. The summed E-state index contributed by atoms with van der Waals surface area (Å²) in [6, 6.07) is 5.43. The van der Waals surface area contributed by atoms with Gasteiger partial charge in [0.2, 0.25) is 0 Å². The molecule has 2 fully saturated rings. The third kappa shape index (κ3) is 2.03. The fraction of sp³-hybridized carbons (Fsp3) is 0.571. The van der Waals surface area contributed by atoms with Gasteiger partial charge in [0.15, 0.2) is 5.79 Å². The summed E-state index contributed by atoms with van der Waals surface area (Å²) >= 11 is 0. The Bertz CT molecular complexity index is 458. The van der Waals surface area contributed by atoms with Crippen molar-refractivity contribution in [3.8, 4) is 0 Å². The summed E-state index contributed by atoms with van der Waals surface area (Å²) in [4.78, 5) is 16.0. The van der Waals surface area contributed by atoms with Crippen LogP contribution in [0.15, 0.2) is 24.4 Å². The predicted octanol–water partition coefficient (Wildman–Crippen LogP) is 1.72. The molecule has 1 aromatic rings. The van der Waals surface area contributed by atoms with Crippen molar-refractivity contribution in [3.63, 3.8) is 0 Å². The number of hydrogen-bond donors (Lipinski definition) is 1. The van der Waals surface area contributed by atoms with Crippen LogP contribution in [0.2, 0.25) is 0 Å². The molecule has 102 valence electrons. The molecular formula is C14H17NO4. The second-order valence-electron chi connectivity index (χ2n) is 5.21. The SMILES string of the molecule is O=C(O)C1(c2ccccn2)CCC2(CC1)OCCO2. The largest absolute Gasteiger partial charge is 0.481 e. The Morgan fingerprint density at radius 2 is 1.84 bits per heavy atom. The Balaban J connectivity index is 1.87. The summed E-state index contributed by atoms with van der Waals surface area (Å²) in [6.45, 7) is 1.20. The lowest BCUT2D eigenvalue weighted by Gasteiger charge is -2.40. The van der Waals surface area contributed by atoms with E-state index in [-0.39, 0.29) is 0 Å². The normalized spacial score (nSPS) is 24.4. The van der Waals surface area contributed by atoms with Crippen molar-refractivity contribution in [3.05, 3.63) is 30.1 Å². The molecule has 0 bridgehead atoms. The predicted molar refractivity (Wildman–Crippen MR) is 66.7 cm³/mol. The maximum atomic E-state index is 11.8. The van der Waals surface area contributed by atoms with E-state index in [1.807, 2.05) is 6.07 Å². The van der Waals surface area contributed by atoms with Gasteiger partial charge in [-0.25, -0.2) is 0 Å². The van der Waals surface area contributed by atoms with Crippen LogP contribution in [0, 0.1) is 0 Å². The first-order chi connectivity index (χ1) is 9.17. The minimum absolute atomic E-state index is 0.499. The maximum absolute atomic E-state index is 11.8. The fourth-order valence-corrected chi connectivity index (χ4v) is 3.07. The van der Waals surface area contributed by atoms with Gasteiger partial charge in [0.05, 0.1) is 18.9 Å². The molecule has 1 aromatic heterocycles. The molecule has 0 aromatic carbocycles. The highest BCUT2D eigenvalue weighted by atomic mass is 16.7. The second kappa shape index (κ2) is 4.58. The van der Waals surface area contributed by atoms with E-state index < -0.39 is 17.2 Å². The Morgan fingerprint density at radius 3 is 2.37 bits per heavy atom. The molecule has 2 heterocycles. The van der Waals surface area contributed by atoms with Crippen LogP contribution in [-0.2, 0) is 19.7 Å². The van der Waals surface area contributed by atoms with Crippen molar-refractivity contribution in [1.82, 2.24) is 4.98 Å². The number of carbonyl (C=O) groups is 1. The van der Waals surface area contributed by atoms with Crippen LogP contribution < -0.4 is 0 Å². The van der Waals surface area contributed by atoms with Crippen LogP contribution in [0.4, 0.5) is 0 Å². The van der Waals surface area contributed by atoms with Crippen LogP contribution in [0.3, 0.4) is 0 Å². The molecule has 5 nitrogen and oxygen atoms in total. The first-order valence-electron chi connectivity index (χ1n) is 6.60. The van der Waals surface area contributed by atoms with Crippen molar-refractivity contribution in [2.45, 2.75) is 36.9 Å². The average molecular weight is 263 g/mol. The molecule has 2 aliphatic rings. The van der Waals surface area contributed by atoms with E-state index >= 15 is 0 Å². The molecule has 0 atom stereocenters. The summed E-state index contributed by atoms with van der Waals surface area (Å²) in [5, 5.41) is 9.65. The first kappa shape index (κ1) is 12.6. The Morgan fingerprint density at radius 1 is 1.16 bits per heavy atom. The summed E-state index contributed by atoms with van der Waals surface area (Å²) in [5.74, 6) is -1.35. The van der Waals surface area contributed by atoms with Crippen molar-refractivity contribution < 1.29 is 19.4 Å². The van der Waals surface area contributed by atoms with Gasteiger partial charge in [0.25, 0.3) is 0 Å². The van der Waals surface area contributed by atoms with Crippen LogP contribution in [0.1, 0.15) is 31.4 Å². The molecule has 0 unspecified atom stereocenters. The van der Waals surface area contributed by atoms with Gasteiger partial charge < -0.3 is 14.6 Å². The average Bonchev–Trinajstić information content (AvgIpc) is 2.89. The quantitative estimate of drug-likeness (QED) is 0.880. The summed E-state index contributed by atoms with van der Waals surface area (Å²) in [5.41, 5.74) is -0.266. The lowest BCUT2D eigenvalue weighted by molar-refractivity contribution is -0.190. The van der Waals surface area contributed by atoms with E-state index in [1.54, 1.807) is 18.3 Å². The van der Waals surface area contributed by atoms with Crippen LogP contribution in [-0.4, -0.2) is 35.1 Å². The van der Waals surface area contributed by atoms with E-state index in [0.29, 0.717) is 44.6 Å². The number of carboxylic acids is 1. The van der Waals surface area contributed by atoms with Crippen LogP contribution in [0.5, 0.6) is 0 Å². The molecule has 1 saturated carbocycles. The van der Waals surface area contributed by atoms with Crippen LogP contribution >= 0.6 is 0 Å². The van der Waals surface area contributed by atoms with Crippen molar-refractivity contribution >= 4 is 5.97 Å². The number of aromatic nitrogens is 1. The monoisotopic (exact) mass is 263 g/mol. The molecule has 19 heavy (non-hydrogen) atoms. The molecule has 1 aliphatic heterocycles. The lowest BCUT2D eigenvalue weighted by atomic mass is 9.69. The smallest absolute Gasteiger partial charge is 0.315 e. The summed E-state index contributed by atoms with van der Waals surface area (Å²) in [7, 11) is 0. The van der Waals surface area contributed by atoms with Gasteiger partial charge in [-0.15, -0.1) is 0 Å².